The Kier molecular flexibility index (Phi) is 6.45. The van der Waals surface area contributed by atoms with E-state index in [0.717, 1.165) is 5.75 Å². The largest absolute Gasteiger partial charge is 0.493 e. The van der Waals surface area contributed by atoms with Gasteiger partial charge in [-0.1, -0.05) is 18.2 Å². The normalized spacial score (nSPS) is 17.1. The first kappa shape index (κ1) is 19.4. The first-order valence-electron chi connectivity index (χ1n) is 8.76. The minimum absolute atomic E-state index is 0.0603. The molecule has 3 rings (SSSR count). The maximum Gasteiger partial charge on any atom is 0.321 e. The zero-order valence-electron chi connectivity index (χ0n) is 15.4. The zero-order chi connectivity index (χ0) is 19.2. The number of ether oxygens (including phenoxy) is 2. The Hall–Kier alpha value is -2.41. The molecular formula is C20H23FN2O3S. The molecule has 0 bridgehead atoms. The van der Waals surface area contributed by atoms with Gasteiger partial charge in [-0.25, -0.2) is 9.18 Å². The topological polar surface area (TPSA) is 50.8 Å². The zero-order valence-corrected chi connectivity index (χ0v) is 16.2. The smallest absolute Gasteiger partial charge is 0.321 e. The fourth-order valence-corrected chi connectivity index (χ4v) is 4.33. The summed E-state index contributed by atoms with van der Waals surface area (Å²) >= 11 is 1.69. The highest BCUT2D eigenvalue weighted by Gasteiger charge is 2.24. The monoisotopic (exact) mass is 390 g/mol. The summed E-state index contributed by atoms with van der Waals surface area (Å²) in [6, 6.07) is 11.9. The molecule has 7 heteroatoms. The van der Waals surface area contributed by atoms with Crippen LogP contribution in [0.5, 0.6) is 11.5 Å². The second-order valence-electron chi connectivity index (χ2n) is 6.16. The summed E-state index contributed by atoms with van der Waals surface area (Å²) in [5.41, 5.74) is 1.35. The molecule has 0 radical (unpaired) electrons. The van der Waals surface area contributed by atoms with Crippen molar-refractivity contribution in [3.8, 4) is 11.5 Å². The van der Waals surface area contributed by atoms with Crippen LogP contribution in [0.1, 0.15) is 17.2 Å². The van der Waals surface area contributed by atoms with Gasteiger partial charge >= 0.3 is 6.03 Å². The average molecular weight is 390 g/mol. The van der Waals surface area contributed by atoms with E-state index >= 15 is 0 Å². The highest BCUT2D eigenvalue weighted by molar-refractivity contribution is 7.99. The molecule has 1 aliphatic heterocycles. The predicted molar refractivity (Wildman–Crippen MR) is 106 cm³/mol. The lowest BCUT2D eigenvalue weighted by Crippen LogP contribution is -2.36. The molecule has 1 fully saturated rings. The van der Waals surface area contributed by atoms with Crippen molar-refractivity contribution < 1.29 is 18.7 Å². The number of urea groups is 1. The number of anilines is 1. The maximum atomic E-state index is 14.1. The molecule has 1 atom stereocenters. The lowest BCUT2D eigenvalue weighted by molar-refractivity contribution is 0.215. The molecule has 0 unspecified atom stereocenters. The van der Waals surface area contributed by atoms with Gasteiger partial charge in [0.25, 0.3) is 0 Å². The van der Waals surface area contributed by atoms with Crippen LogP contribution in [0.2, 0.25) is 0 Å². The van der Waals surface area contributed by atoms with E-state index in [0.29, 0.717) is 42.3 Å². The number of nitrogens with one attached hydrogen (secondary N) is 1. The van der Waals surface area contributed by atoms with Crippen LogP contribution in [-0.2, 0) is 0 Å². The van der Waals surface area contributed by atoms with Gasteiger partial charge in [0.05, 0.1) is 14.2 Å². The molecule has 0 aliphatic carbocycles. The molecule has 0 aromatic heterocycles. The van der Waals surface area contributed by atoms with Crippen LogP contribution in [0.25, 0.3) is 0 Å². The van der Waals surface area contributed by atoms with Gasteiger partial charge in [0.1, 0.15) is 5.82 Å². The number of carbonyl (C=O) groups excluding carboxylic acids is 1. The number of halogens is 1. The Morgan fingerprint density at radius 2 is 1.93 bits per heavy atom. The number of nitrogens with zero attached hydrogens (tertiary/aromatic N) is 1. The van der Waals surface area contributed by atoms with E-state index < -0.39 is 0 Å². The van der Waals surface area contributed by atoms with Crippen LogP contribution in [0.4, 0.5) is 14.9 Å². The van der Waals surface area contributed by atoms with Gasteiger partial charge in [-0.3, -0.25) is 0 Å². The van der Waals surface area contributed by atoms with Crippen molar-refractivity contribution in [2.45, 2.75) is 11.7 Å². The SMILES string of the molecule is COc1ccc(NC(=O)N2CCS[C@@H](c3ccccc3F)CC2)cc1OC. The molecule has 0 saturated carbocycles. The third-order valence-corrected chi connectivity index (χ3v) is 5.83. The van der Waals surface area contributed by atoms with Gasteiger partial charge < -0.3 is 19.7 Å². The van der Waals surface area contributed by atoms with Gasteiger partial charge in [0, 0.05) is 41.4 Å². The third-order valence-electron chi connectivity index (χ3n) is 4.52. The maximum absolute atomic E-state index is 14.1. The molecule has 1 aliphatic rings. The van der Waals surface area contributed by atoms with Crippen molar-refractivity contribution in [3.63, 3.8) is 0 Å². The van der Waals surface area contributed by atoms with Crippen molar-refractivity contribution in [2.24, 2.45) is 0 Å². The van der Waals surface area contributed by atoms with Gasteiger partial charge in [0.15, 0.2) is 11.5 Å². The number of hydrogen-bond acceptors (Lipinski definition) is 4. The Labute approximate surface area is 162 Å². The minimum atomic E-state index is -0.182. The highest BCUT2D eigenvalue weighted by Crippen LogP contribution is 2.36. The van der Waals surface area contributed by atoms with E-state index in [1.165, 1.54) is 6.07 Å². The number of thioether (sulfide) groups is 1. The van der Waals surface area contributed by atoms with Crippen LogP contribution in [0.15, 0.2) is 42.5 Å². The number of hydrogen-bond donors (Lipinski definition) is 1. The van der Waals surface area contributed by atoms with Gasteiger partial charge in [-0.15, -0.1) is 0 Å². The van der Waals surface area contributed by atoms with Crippen LogP contribution in [0.3, 0.4) is 0 Å². The summed E-state index contributed by atoms with van der Waals surface area (Å²) in [4.78, 5) is 14.4. The molecule has 144 valence electrons. The van der Waals surface area contributed by atoms with Gasteiger partial charge in [-0.2, -0.15) is 11.8 Å². The minimum Gasteiger partial charge on any atom is -0.493 e. The van der Waals surface area contributed by atoms with Crippen molar-refractivity contribution in [1.29, 1.82) is 0 Å². The Bertz CT molecular complexity index is 803. The van der Waals surface area contributed by atoms with E-state index in [1.54, 1.807) is 55.1 Å². The lowest BCUT2D eigenvalue weighted by atomic mass is 10.1. The van der Waals surface area contributed by atoms with Crippen molar-refractivity contribution in [1.82, 2.24) is 4.90 Å². The van der Waals surface area contributed by atoms with Crippen molar-refractivity contribution >= 4 is 23.5 Å². The Balaban J connectivity index is 1.64. The average Bonchev–Trinajstić information content (AvgIpc) is 2.94. The van der Waals surface area contributed by atoms with Crippen LogP contribution in [0, 0.1) is 5.82 Å². The van der Waals surface area contributed by atoms with E-state index in [-0.39, 0.29) is 17.1 Å². The number of methoxy groups -OCH3 is 2. The molecule has 5 nitrogen and oxygen atoms in total. The molecule has 2 aromatic carbocycles. The third kappa shape index (κ3) is 4.66. The van der Waals surface area contributed by atoms with Crippen molar-refractivity contribution in [2.75, 3.05) is 38.4 Å². The number of rotatable bonds is 4. The number of carbonyl (C=O) groups is 1. The summed E-state index contributed by atoms with van der Waals surface area (Å²) in [5, 5.41) is 2.96. The van der Waals surface area contributed by atoms with Crippen molar-refractivity contribution in [3.05, 3.63) is 53.8 Å². The summed E-state index contributed by atoms with van der Waals surface area (Å²) in [6.07, 6.45) is 0.713. The predicted octanol–water partition coefficient (Wildman–Crippen LogP) is 4.56. The Morgan fingerprint density at radius 3 is 2.67 bits per heavy atom. The molecule has 1 heterocycles. The lowest BCUT2D eigenvalue weighted by Gasteiger charge is -2.21. The molecule has 1 N–H and O–H groups in total. The molecular weight excluding hydrogens is 367 g/mol. The van der Waals surface area contributed by atoms with Crippen LogP contribution in [-0.4, -0.2) is 44.0 Å². The summed E-state index contributed by atoms with van der Waals surface area (Å²) in [5.74, 6) is 1.74. The second-order valence-corrected chi connectivity index (χ2v) is 7.47. The Morgan fingerprint density at radius 1 is 1.15 bits per heavy atom. The van der Waals surface area contributed by atoms with Crippen LogP contribution < -0.4 is 14.8 Å². The first-order chi connectivity index (χ1) is 13.1. The summed E-state index contributed by atoms with van der Waals surface area (Å²) in [6.45, 7) is 1.19. The molecule has 27 heavy (non-hydrogen) atoms. The fraction of sp³-hybridized carbons (Fsp3) is 0.350. The molecule has 2 amide bonds. The molecule has 1 saturated heterocycles. The van der Waals surface area contributed by atoms with Gasteiger partial charge in [-0.05, 0) is 24.6 Å². The molecule has 0 spiro atoms. The van der Waals surface area contributed by atoms with E-state index in [2.05, 4.69) is 5.32 Å². The summed E-state index contributed by atoms with van der Waals surface area (Å²) < 4.78 is 24.5. The first-order valence-corrected chi connectivity index (χ1v) is 9.81. The fourth-order valence-electron chi connectivity index (χ4n) is 3.07. The number of benzene rings is 2. The van der Waals surface area contributed by atoms with Gasteiger partial charge in [0.2, 0.25) is 0 Å². The van der Waals surface area contributed by atoms with E-state index in [9.17, 15) is 9.18 Å². The van der Waals surface area contributed by atoms with Crippen LogP contribution >= 0.6 is 11.8 Å². The van der Waals surface area contributed by atoms with E-state index in [4.69, 9.17) is 9.47 Å². The quantitative estimate of drug-likeness (QED) is 0.832. The standard InChI is InChI=1S/C20H23FN2O3S/c1-25-17-8-7-14(13-18(17)26-2)22-20(24)23-10-9-19(27-12-11-23)15-5-3-4-6-16(15)21/h3-8,13,19H,9-12H2,1-2H3,(H,22,24)/t19-/m1/s1. The highest BCUT2D eigenvalue weighted by atomic mass is 32.2. The second kappa shape index (κ2) is 8.99. The number of amides is 2. The van der Waals surface area contributed by atoms with E-state index in [1.807, 2.05) is 12.1 Å². The summed E-state index contributed by atoms with van der Waals surface area (Å²) in [7, 11) is 3.12. The molecule has 2 aromatic rings.